The summed E-state index contributed by atoms with van der Waals surface area (Å²) >= 11 is 0. The molecule has 1 rings (SSSR count). The molecule has 0 fully saturated rings. The highest BCUT2D eigenvalue weighted by molar-refractivity contribution is 5.91. The molecule has 0 aliphatic heterocycles. The summed E-state index contributed by atoms with van der Waals surface area (Å²) in [6.07, 6.45) is -4.68. The molecule has 2 amide bonds. The van der Waals surface area contributed by atoms with Crippen LogP contribution in [0.5, 0.6) is 0 Å². The number of urea groups is 1. The van der Waals surface area contributed by atoms with Gasteiger partial charge < -0.3 is 15.3 Å². The lowest BCUT2D eigenvalue weighted by Crippen LogP contribution is -2.38. The van der Waals surface area contributed by atoms with Gasteiger partial charge in [0.05, 0.1) is 11.3 Å². The smallest absolute Gasteiger partial charge is 0.416 e. The summed E-state index contributed by atoms with van der Waals surface area (Å²) in [5.41, 5.74) is -1.79. The van der Waals surface area contributed by atoms with Gasteiger partial charge in [-0.25, -0.2) is 9.18 Å². The predicted octanol–water partition coefficient (Wildman–Crippen LogP) is 2.78. The zero-order valence-electron chi connectivity index (χ0n) is 10.9. The number of hydrogen-bond donors (Lipinski definition) is 2. The van der Waals surface area contributed by atoms with E-state index in [0.717, 1.165) is 4.90 Å². The quantitative estimate of drug-likeness (QED) is 0.840. The number of benzene rings is 1. The first-order valence-electron chi connectivity index (χ1n) is 5.79. The summed E-state index contributed by atoms with van der Waals surface area (Å²) in [7, 11) is 0. The summed E-state index contributed by atoms with van der Waals surface area (Å²) in [6.45, 7) is 0.826. The third-order valence-electron chi connectivity index (χ3n) is 2.53. The number of rotatable bonds is 4. The molecule has 1 aromatic rings. The highest BCUT2D eigenvalue weighted by Crippen LogP contribution is 2.31. The minimum absolute atomic E-state index is 0.00128. The first-order chi connectivity index (χ1) is 9.65. The number of carbonyl (C=O) groups excluding carboxylic acids is 1. The lowest BCUT2D eigenvalue weighted by molar-refractivity contribution is -0.138. The van der Waals surface area contributed by atoms with E-state index >= 15 is 0 Å². The molecule has 0 aromatic heterocycles. The average molecular weight is 308 g/mol. The molecule has 9 heteroatoms. The second kappa shape index (κ2) is 6.42. The van der Waals surface area contributed by atoms with E-state index in [1.54, 1.807) is 0 Å². The van der Waals surface area contributed by atoms with Gasteiger partial charge in [0.2, 0.25) is 0 Å². The number of amides is 2. The number of anilines is 1. The van der Waals surface area contributed by atoms with Crippen LogP contribution in [0.1, 0.15) is 12.5 Å². The molecule has 0 aliphatic carbocycles. The SMILES string of the molecule is CCN(CC(=O)O)C(=O)Nc1cc(C(F)(F)F)ccc1F. The van der Waals surface area contributed by atoms with Crippen LogP contribution in [0.3, 0.4) is 0 Å². The van der Waals surface area contributed by atoms with Gasteiger partial charge in [0.25, 0.3) is 0 Å². The van der Waals surface area contributed by atoms with Crippen LogP contribution in [0.2, 0.25) is 0 Å². The van der Waals surface area contributed by atoms with Gasteiger partial charge in [0.1, 0.15) is 12.4 Å². The van der Waals surface area contributed by atoms with Crippen molar-refractivity contribution in [2.45, 2.75) is 13.1 Å². The van der Waals surface area contributed by atoms with Crippen LogP contribution in [0.25, 0.3) is 0 Å². The van der Waals surface area contributed by atoms with Crippen molar-refractivity contribution in [3.63, 3.8) is 0 Å². The molecule has 0 saturated carbocycles. The zero-order valence-corrected chi connectivity index (χ0v) is 10.9. The minimum atomic E-state index is -4.68. The Morgan fingerprint density at radius 2 is 1.95 bits per heavy atom. The molecule has 0 radical (unpaired) electrons. The molecule has 0 aliphatic rings. The van der Waals surface area contributed by atoms with E-state index in [-0.39, 0.29) is 6.54 Å². The molecule has 5 nitrogen and oxygen atoms in total. The topological polar surface area (TPSA) is 69.6 Å². The van der Waals surface area contributed by atoms with Gasteiger partial charge in [-0.1, -0.05) is 0 Å². The fraction of sp³-hybridized carbons (Fsp3) is 0.333. The maximum Gasteiger partial charge on any atom is 0.416 e. The Balaban J connectivity index is 2.96. The Hall–Kier alpha value is -2.32. The van der Waals surface area contributed by atoms with E-state index in [1.807, 2.05) is 5.32 Å². The summed E-state index contributed by atoms with van der Waals surface area (Å²) < 4.78 is 51.0. The van der Waals surface area contributed by atoms with Gasteiger partial charge in [0, 0.05) is 6.54 Å². The highest BCUT2D eigenvalue weighted by atomic mass is 19.4. The first-order valence-corrected chi connectivity index (χ1v) is 5.79. The van der Waals surface area contributed by atoms with Crippen LogP contribution in [0.15, 0.2) is 18.2 Å². The lowest BCUT2D eigenvalue weighted by Gasteiger charge is -2.19. The van der Waals surface area contributed by atoms with Crippen molar-refractivity contribution in [2.75, 3.05) is 18.4 Å². The van der Waals surface area contributed by atoms with Crippen molar-refractivity contribution in [2.24, 2.45) is 0 Å². The number of carboxylic acid groups (broad SMARTS) is 1. The van der Waals surface area contributed by atoms with Crippen LogP contribution in [-0.4, -0.2) is 35.1 Å². The van der Waals surface area contributed by atoms with E-state index in [1.165, 1.54) is 6.92 Å². The van der Waals surface area contributed by atoms with Crippen molar-refractivity contribution in [1.82, 2.24) is 4.90 Å². The van der Waals surface area contributed by atoms with Gasteiger partial charge >= 0.3 is 18.2 Å². The summed E-state index contributed by atoms with van der Waals surface area (Å²) in [6, 6.07) is 0.561. The number of halogens is 4. The molecule has 21 heavy (non-hydrogen) atoms. The highest BCUT2D eigenvalue weighted by Gasteiger charge is 2.31. The van der Waals surface area contributed by atoms with Gasteiger partial charge in [-0.05, 0) is 25.1 Å². The molecule has 116 valence electrons. The molecule has 0 unspecified atom stereocenters. The van der Waals surface area contributed by atoms with Crippen LogP contribution < -0.4 is 5.32 Å². The predicted molar refractivity (Wildman–Crippen MR) is 65.3 cm³/mol. The van der Waals surface area contributed by atoms with E-state index in [2.05, 4.69) is 0 Å². The second-order valence-corrected chi connectivity index (χ2v) is 4.03. The van der Waals surface area contributed by atoms with Gasteiger partial charge in [-0.3, -0.25) is 4.79 Å². The molecule has 0 atom stereocenters. The summed E-state index contributed by atoms with van der Waals surface area (Å²) in [4.78, 5) is 23.0. The van der Waals surface area contributed by atoms with Crippen molar-refractivity contribution in [3.8, 4) is 0 Å². The number of aliphatic carboxylic acids is 1. The van der Waals surface area contributed by atoms with Crippen molar-refractivity contribution < 1.29 is 32.3 Å². The molecule has 2 N–H and O–H groups in total. The standard InChI is InChI=1S/C12H12F4N2O3/c1-2-18(6-10(19)20)11(21)17-9-5-7(12(14,15)16)3-4-8(9)13/h3-5H,2,6H2,1H3,(H,17,21)(H,19,20). The molecule has 0 heterocycles. The number of nitrogens with one attached hydrogen (secondary N) is 1. The number of carbonyl (C=O) groups is 2. The maximum atomic E-state index is 13.4. The molecule has 0 spiro atoms. The third kappa shape index (κ3) is 4.62. The van der Waals surface area contributed by atoms with E-state index in [4.69, 9.17) is 5.11 Å². The Morgan fingerprint density at radius 3 is 2.43 bits per heavy atom. The zero-order chi connectivity index (χ0) is 16.2. The fourth-order valence-electron chi connectivity index (χ4n) is 1.48. The largest absolute Gasteiger partial charge is 0.480 e. The minimum Gasteiger partial charge on any atom is -0.480 e. The number of likely N-dealkylation sites (N-methyl/N-ethyl adjacent to an activating group) is 1. The van der Waals surface area contributed by atoms with Crippen LogP contribution >= 0.6 is 0 Å². The number of nitrogens with zero attached hydrogens (tertiary/aromatic N) is 1. The van der Waals surface area contributed by atoms with E-state index in [9.17, 15) is 27.2 Å². The Labute approximate surface area is 117 Å². The van der Waals surface area contributed by atoms with Gasteiger partial charge in [0.15, 0.2) is 0 Å². The van der Waals surface area contributed by atoms with Crippen molar-refractivity contribution >= 4 is 17.7 Å². The van der Waals surface area contributed by atoms with E-state index < -0.39 is 41.8 Å². The molecule has 0 saturated heterocycles. The second-order valence-electron chi connectivity index (χ2n) is 4.03. The van der Waals surface area contributed by atoms with Crippen molar-refractivity contribution in [3.05, 3.63) is 29.6 Å². The van der Waals surface area contributed by atoms with Gasteiger partial charge in [-0.2, -0.15) is 13.2 Å². The van der Waals surface area contributed by atoms with Gasteiger partial charge in [-0.15, -0.1) is 0 Å². The maximum absolute atomic E-state index is 13.4. The number of carboxylic acids is 1. The normalized spacial score (nSPS) is 11.1. The van der Waals surface area contributed by atoms with Crippen LogP contribution in [0, 0.1) is 5.82 Å². The Kier molecular flexibility index (Phi) is 5.12. The Bertz CT molecular complexity index is 546. The fourth-order valence-corrected chi connectivity index (χ4v) is 1.48. The third-order valence-corrected chi connectivity index (χ3v) is 2.53. The van der Waals surface area contributed by atoms with E-state index in [0.29, 0.717) is 18.2 Å². The Morgan fingerprint density at radius 1 is 1.33 bits per heavy atom. The molecule has 1 aromatic carbocycles. The lowest BCUT2D eigenvalue weighted by atomic mass is 10.2. The monoisotopic (exact) mass is 308 g/mol. The number of alkyl halides is 3. The summed E-state index contributed by atoms with van der Waals surface area (Å²) in [5, 5.41) is 10.5. The van der Waals surface area contributed by atoms with Crippen LogP contribution in [-0.2, 0) is 11.0 Å². The molecular formula is C12H12F4N2O3. The first kappa shape index (κ1) is 16.7. The van der Waals surface area contributed by atoms with Crippen molar-refractivity contribution in [1.29, 1.82) is 0 Å². The van der Waals surface area contributed by atoms with Crippen LogP contribution in [0.4, 0.5) is 28.0 Å². The number of hydrogen-bond acceptors (Lipinski definition) is 2. The summed E-state index contributed by atoms with van der Waals surface area (Å²) in [5.74, 6) is -2.35. The molecular weight excluding hydrogens is 296 g/mol. The molecule has 0 bridgehead atoms. The average Bonchev–Trinajstić information content (AvgIpc) is 2.36.